The molecular formula is C43H85N2+. The maximum absolute atomic E-state index is 2.64. The van der Waals surface area contributed by atoms with Gasteiger partial charge in [-0.1, -0.05) is 207 Å². The highest BCUT2D eigenvalue weighted by molar-refractivity contribution is 4.84. The Morgan fingerprint density at radius 1 is 0.378 bits per heavy atom. The highest BCUT2D eigenvalue weighted by Crippen LogP contribution is 2.16. The van der Waals surface area contributed by atoms with Crippen molar-refractivity contribution in [1.82, 2.24) is 4.57 Å². The quantitative estimate of drug-likeness (QED) is 0.0511. The second-order valence-corrected chi connectivity index (χ2v) is 14.8. The zero-order chi connectivity index (χ0) is 32.3. The summed E-state index contributed by atoms with van der Waals surface area (Å²) in [6.45, 7) is 9.41. The summed E-state index contributed by atoms with van der Waals surface area (Å²) in [5.74, 6) is 1.62. The number of nitrogens with zero attached hydrogens (tertiary/aromatic N) is 2. The van der Waals surface area contributed by atoms with E-state index in [0.29, 0.717) is 0 Å². The number of hydrogen-bond acceptors (Lipinski definition) is 0. The highest BCUT2D eigenvalue weighted by Gasteiger charge is 2.16. The van der Waals surface area contributed by atoms with Gasteiger partial charge in [-0.3, -0.25) is 0 Å². The average molecular weight is 630 g/mol. The largest absolute Gasteiger partial charge is 0.256 e. The molecule has 0 spiro atoms. The lowest BCUT2D eigenvalue weighted by Crippen LogP contribution is -2.37. The van der Waals surface area contributed by atoms with Crippen molar-refractivity contribution in [2.24, 2.45) is 0 Å². The van der Waals surface area contributed by atoms with Crippen molar-refractivity contribution in [3.8, 4) is 0 Å². The van der Waals surface area contributed by atoms with Crippen LogP contribution in [0.5, 0.6) is 0 Å². The van der Waals surface area contributed by atoms with E-state index in [2.05, 4.69) is 42.3 Å². The van der Waals surface area contributed by atoms with Crippen LogP contribution in [-0.4, -0.2) is 4.57 Å². The molecule has 0 fully saturated rings. The van der Waals surface area contributed by atoms with Crippen LogP contribution in [0, 0.1) is 0 Å². The Bertz CT molecular complexity index is 692. The highest BCUT2D eigenvalue weighted by atomic mass is 15.1. The molecule has 1 aromatic heterocycles. The van der Waals surface area contributed by atoms with Crippen LogP contribution in [0.1, 0.15) is 245 Å². The molecule has 0 N–H and O–H groups in total. The zero-order valence-corrected chi connectivity index (χ0v) is 31.7. The predicted octanol–water partition coefficient (Wildman–Crippen LogP) is 14.6. The topological polar surface area (TPSA) is 8.81 Å². The van der Waals surface area contributed by atoms with Crippen LogP contribution in [0.25, 0.3) is 0 Å². The fourth-order valence-electron chi connectivity index (χ4n) is 7.21. The molecule has 1 heterocycles. The smallest absolute Gasteiger partial charge is 0.234 e. The lowest BCUT2D eigenvalue weighted by molar-refractivity contribution is -0.704. The minimum Gasteiger partial charge on any atom is -0.234 e. The van der Waals surface area contributed by atoms with E-state index in [1.165, 1.54) is 238 Å². The van der Waals surface area contributed by atoms with Gasteiger partial charge in [-0.05, 0) is 32.1 Å². The summed E-state index contributed by atoms with van der Waals surface area (Å²) in [5, 5.41) is 0. The molecule has 266 valence electrons. The molecule has 0 aromatic carbocycles. The third-order valence-corrected chi connectivity index (χ3v) is 10.3. The summed E-state index contributed by atoms with van der Waals surface area (Å²) in [4.78, 5) is 0. The Labute approximate surface area is 285 Å². The lowest BCUT2D eigenvalue weighted by Gasteiger charge is -2.07. The maximum atomic E-state index is 2.64. The summed E-state index contributed by atoms with van der Waals surface area (Å²) < 4.78 is 5.28. The number of aryl methyl sites for hydroxylation is 2. The van der Waals surface area contributed by atoms with E-state index < -0.39 is 0 Å². The molecule has 1 rings (SSSR count). The Hall–Kier alpha value is -0.790. The molecule has 0 saturated heterocycles. The summed E-state index contributed by atoms with van der Waals surface area (Å²) in [7, 11) is 0. The predicted molar refractivity (Wildman–Crippen MR) is 202 cm³/mol. The lowest BCUT2D eigenvalue weighted by atomic mass is 10.0. The van der Waals surface area contributed by atoms with Gasteiger partial charge in [-0.2, -0.15) is 0 Å². The number of rotatable bonds is 37. The molecule has 0 bridgehead atoms. The first-order valence-corrected chi connectivity index (χ1v) is 21.4. The van der Waals surface area contributed by atoms with Crippen LogP contribution < -0.4 is 4.57 Å². The van der Waals surface area contributed by atoms with E-state index in [0.717, 1.165) is 0 Å². The van der Waals surface area contributed by atoms with Crippen molar-refractivity contribution in [3.63, 3.8) is 0 Å². The van der Waals surface area contributed by atoms with E-state index in [9.17, 15) is 0 Å². The van der Waals surface area contributed by atoms with Gasteiger partial charge in [0.25, 0.3) is 5.82 Å². The van der Waals surface area contributed by atoms with Crippen molar-refractivity contribution in [3.05, 3.63) is 18.2 Å². The fourth-order valence-corrected chi connectivity index (χ4v) is 7.21. The molecule has 2 nitrogen and oxygen atoms in total. The van der Waals surface area contributed by atoms with Gasteiger partial charge < -0.3 is 0 Å². The summed E-state index contributed by atoms with van der Waals surface area (Å²) in [5.41, 5.74) is 0. The zero-order valence-electron chi connectivity index (χ0n) is 31.7. The van der Waals surface area contributed by atoms with E-state index in [1.807, 2.05) is 0 Å². The first-order chi connectivity index (χ1) is 22.3. The summed E-state index contributed by atoms with van der Waals surface area (Å²) in [6.07, 6.45) is 54.9. The van der Waals surface area contributed by atoms with Crippen LogP contribution in [0.4, 0.5) is 0 Å². The Kier molecular flexibility index (Phi) is 32.4. The molecule has 0 aliphatic carbocycles. The Morgan fingerprint density at radius 2 is 0.689 bits per heavy atom. The first-order valence-electron chi connectivity index (χ1n) is 21.4. The molecular weight excluding hydrogens is 544 g/mol. The number of hydrogen-bond donors (Lipinski definition) is 0. The van der Waals surface area contributed by atoms with Gasteiger partial charge in [0, 0.05) is 6.42 Å². The third-order valence-electron chi connectivity index (χ3n) is 10.3. The van der Waals surface area contributed by atoms with Gasteiger partial charge in [-0.25, -0.2) is 9.13 Å². The SMILES string of the molecule is CCCCCCCCCCCCCCCCn1cc[n+](CCCCCCCCC)c1CCCCCCCCCCCCCCC. The minimum atomic E-state index is 1.23. The van der Waals surface area contributed by atoms with Crippen molar-refractivity contribution < 1.29 is 4.57 Å². The van der Waals surface area contributed by atoms with Crippen molar-refractivity contribution in [2.45, 2.75) is 259 Å². The van der Waals surface area contributed by atoms with Crippen molar-refractivity contribution in [1.29, 1.82) is 0 Å². The van der Waals surface area contributed by atoms with Gasteiger partial charge >= 0.3 is 0 Å². The van der Waals surface area contributed by atoms with Gasteiger partial charge in [-0.15, -0.1) is 0 Å². The number of unbranched alkanes of at least 4 members (excludes halogenated alkanes) is 31. The van der Waals surface area contributed by atoms with Crippen LogP contribution in [-0.2, 0) is 19.5 Å². The molecule has 0 aliphatic rings. The number of imidazole rings is 1. The molecule has 0 amide bonds. The van der Waals surface area contributed by atoms with Crippen LogP contribution in [0.2, 0.25) is 0 Å². The van der Waals surface area contributed by atoms with Crippen molar-refractivity contribution in [2.75, 3.05) is 0 Å². The summed E-state index contributed by atoms with van der Waals surface area (Å²) >= 11 is 0. The fraction of sp³-hybridized carbons (Fsp3) is 0.930. The molecule has 0 unspecified atom stereocenters. The second-order valence-electron chi connectivity index (χ2n) is 14.8. The third kappa shape index (κ3) is 26.9. The monoisotopic (exact) mass is 630 g/mol. The Balaban J connectivity index is 2.24. The average Bonchev–Trinajstić information content (AvgIpc) is 3.43. The number of aromatic nitrogens is 2. The van der Waals surface area contributed by atoms with Crippen LogP contribution in [0.3, 0.4) is 0 Å². The molecule has 0 radical (unpaired) electrons. The van der Waals surface area contributed by atoms with E-state index in [-0.39, 0.29) is 0 Å². The molecule has 45 heavy (non-hydrogen) atoms. The standard InChI is InChI=1S/C43H85N2/c1-4-7-10-13-16-18-20-22-24-26-28-31-34-37-40-45-42-41-44(39-36-33-30-15-12-9-6-3)43(45)38-35-32-29-27-25-23-21-19-17-14-11-8-5-2/h41-42H,4-40H2,1-3H3/q+1. The minimum absolute atomic E-state index is 1.23. The van der Waals surface area contributed by atoms with E-state index in [1.54, 1.807) is 5.82 Å². The van der Waals surface area contributed by atoms with Crippen LogP contribution >= 0.6 is 0 Å². The van der Waals surface area contributed by atoms with E-state index >= 15 is 0 Å². The van der Waals surface area contributed by atoms with Gasteiger partial charge in [0.05, 0.1) is 13.1 Å². The van der Waals surface area contributed by atoms with Gasteiger partial charge in [0.15, 0.2) is 0 Å². The second kappa shape index (κ2) is 34.5. The van der Waals surface area contributed by atoms with Gasteiger partial charge in [0.2, 0.25) is 0 Å². The first kappa shape index (κ1) is 42.2. The molecule has 0 aliphatic heterocycles. The molecule has 1 aromatic rings. The molecule has 2 heteroatoms. The van der Waals surface area contributed by atoms with Crippen molar-refractivity contribution >= 4 is 0 Å². The Morgan fingerprint density at radius 3 is 1.07 bits per heavy atom. The van der Waals surface area contributed by atoms with Crippen LogP contribution in [0.15, 0.2) is 12.4 Å². The maximum Gasteiger partial charge on any atom is 0.256 e. The van der Waals surface area contributed by atoms with E-state index in [4.69, 9.17) is 0 Å². The molecule has 0 atom stereocenters. The molecule has 0 saturated carbocycles. The van der Waals surface area contributed by atoms with Gasteiger partial charge in [0.1, 0.15) is 12.4 Å². The normalized spacial score (nSPS) is 11.6. The summed E-state index contributed by atoms with van der Waals surface area (Å²) in [6, 6.07) is 0.